The maximum atomic E-state index is 12.9. The van der Waals surface area contributed by atoms with E-state index in [-0.39, 0.29) is 17.7 Å². The van der Waals surface area contributed by atoms with Crippen molar-refractivity contribution in [3.63, 3.8) is 0 Å². The van der Waals surface area contributed by atoms with Crippen molar-refractivity contribution in [2.24, 2.45) is 5.92 Å². The van der Waals surface area contributed by atoms with Crippen LogP contribution in [0.3, 0.4) is 0 Å². The van der Waals surface area contributed by atoms with Gasteiger partial charge in [0.15, 0.2) is 0 Å². The van der Waals surface area contributed by atoms with E-state index in [1.54, 1.807) is 48.5 Å². The van der Waals surface area contributed by atoms with E-state index in [0.29, 0.717) is 35.9 Å². The molecule has 8 heteroatoms. The molecule has 0 saturated carbocycles. The van der Waals surface area contributed by atoms with Crippen LogP contribution in [0.4, 0.5) is 5.69 Å². The average Bonchev–Trinajstić information content (AvgIpc) is 3.30. The molecule has 2 aromatic heterocycles. The van der Waals surface area contributed by atoms with E-state index in [9.17, 15) is 9.59 Å². The Morgan fingerprint density at radius 2 is 2.00 bits per heavy atom. The minimum atomic E-state index is -0.261. The van der Waals surface area contributed by atoms with Crippen LogP contribution in [-0.4, -0.2) is 52.1 Å². The molecular formula is C22H23N5O3. The summed E-state index contributed by atoms with van der Waals surface area (Å²) in [6.07, 6.45) is 3.20. The molecule has 0 aliphatic carbocycles. The Bertz CT molecular complexity index is 1020. The fraction of sp³-hybridized carbons (Fsp3) is 0.273. The largest absolute Gasteiger partial charge is 0.497 e. The van der Waals surface area contributed by atoms with Gasteiger partial charge >= 0.3 is 0 Å². The summed E-state index contributed by atoms with van der Waals surface area (Å²) in [6, 6.07) is 14.4. The molecule has 2 N–H and O–H groups in total. The maximum absolute atomic E-state index is 12.9. The number of H-pyrrole nitrogens is 1. The SMILES string of the molecule is COc1ccc(NC(=O)C2CCCN(C(=O)c3cc(-c4ccccn4)n[nH]3)C2)cc1. The number of rotatable bonds is 5. The Morgan fingerprint density at radius 3 is 2.73 bits per heavy atom. The number of likely N-dealkylation sites (tertiary alicyclic amines) is 1. The summed E-state index contributed by atoms with van der Waals surface area (Å²) >= 11 is 0. The highest BCUT2D eigenvalue weighted by molar-refractivity contribution is 5.95. The van der Waals surface area contributed by atoms with Crippen LogP contribution in [0.15, 0.2) is 54.7 Å². The number of hydrogen-bond acceptors (Lipinski definition) is 5. The second-order valence-electron chi connectivity index (χ2n) is 7.19. The maximum Gasteiger partial charge on any atom is 0.271 e. The van der Waals surface area contributed by atoms with E-state index in [1.807, 2.05) is 18.2 Å². The smallest absolute Gasteiger partial charge is 0.271 e. The predicted octanol–water partition coefficient (Wildman–Crippen LogP) is 2.97. The second kappa shape index (κ2) is 8.77. The van der Waals surface area contributed by atoms with Crippen molar-refractivity contribution in [2.45, 2.75) is 12.8 Å². The first kappa shape index (κ1) is 19.6. The minimum Gasteiger partial charge on any atom is -0.497 e. The second-order valence-corrected chi connectivity index (χ2v) is 7.19. The fourth-order valence-corrected chi connectivity index (χ4v) is 3.54. The van der Waals surface area contributed by atoms with Gasteiger partial charge in [0, 0.05) is 25.0 Å². The zero-order valence-electron chi connectivity index (χ0n) is 16.7. The summed E-state index contributed by atoms with van der Waals surface area (Å²) in [4.78, 5) is 31.6. The summed E-state index contributed by atoms with van der Waals surface area (Å²) in [5.74, 6) is 0.220. The Hall–Kier alpha value is -3.68. The fourth-order valence-electron chi connectivity index (χ4n) is 3.54. The lowest BCUT2D eigenvalue weighted by molar-refractivity contribution is -0.121. The molecule has 1 atom stereocenters. The van der Waals surface area contributed by atoms with Gasteiger partial charge in [-0.2, -0.15) is 5.10 Å². The summed E-state index contributed by atoms with van der Waals surface area (Å²) in [5, 5.41) is 9.93. The lowest BCUT2D eigenvalue weighted by Gasteiger charge is -2.31. The molecule has 8 nitrogen and oxygen atoms in total. The number of carbonyl (C=O) groups is 2. The molecule has 0 spiro atoms. The van der Waals surface area contributed by atoms with Gasteiger partial charge < -0.3 is 15.0 Å². The van der Waals surface area contributed by atoms with E-state index in [2.05, 4.69) is 20.5 Å². The topological polar surface area (TPSA) is 100 Å². The number of anilines is 1. The number of piperidine rings is 1. The van der Waals surface area contributed by atoms with Crippen LogP contribution in [0.5, 0.6) is 5.75 Å². The third-order valence-electron chi connectivity index (χ3n) is 5.17. The number of nitrogens with one attached hydrogen (secondary N) is 2. The number of amides is 2. The van der Waals surface area contributed by atoms with Gasteiger partial charge in [0.25, 0.3) is 5.91 Å². The van der Waals surface area contributed by atoms with Gasteiger partial charge in [-0.15, -0.1) is 0 Å². The van der Waals surface area contributed by atoms with Crippen LogP contribution in [0.25, 0.3) is 11.4 Å². The highest BCUT2D eigenvalue weighted by atomic mass is 16.5. The number of methoxy groups -OCH3 is 1. The number of ether oxygens (including phenoxy) is 1. The number of benzene rings is 1. The Balaban J connectivity index is 1.40. The molecule has 0 bridgehead atoms. The van der Waals surface area contributed by atoms with Crippen molar-refractivity contribution in [1.29, 1.82) is 0 Å². The van der Waals surface area contributed by atoms with Crippen LogP contribution < -0.4 is 10.1 Å². The number of carbonyl (C=O) groups excluding carboxylic acids is 2. The first-order valence-corrected chi connectivity index (χ1v) is 9.85. The van der Waals surface area contributed by atoms with E-state index >= 15 is 0 Å². The molecule has 30 heavy (non-hydrogen) atoms. The molecule has 1 fully saturated rings. The third kappa shape index (κ3) is 4.32. The number of hydrogen-bond donors (Lipinski definition) is 2. The van der Waals surface area contributed by atoms with Crippen LogP contribution in [0.2, 0.25) is 0 Å². The van der Waals surface area contributed by atoms with Crippen molar-refractivity contribution in [3.05, 3.63) is 60.4 Å². The van der Waals surface area contributed by atoms with Gasteiger partial charge in [0.05, 0.1) is 18.7 Å². The van der Waals surface area contributed by atoms with Gasteiger partial charge in [-0.1, -0.05) is 6.07 Å². The van der Waals surface area contributed by atoms with Crippen LogP contribution >= 0.6 is 0 Å². The number of nitrogens with zero attached hydrogens (tertiary/aromatic N) is 3. The van der Waals surface area contributed by atoms with E-state index in [1.165, 1.54) is 0 Å². The number of pyridine rings is 1. The van der Waals surface area contributed by atoms with Crippen LogP contribution in [0, 0.1) is 5.92 Å². The monoisotopic (exact) mass is 405 g/mol. The molecule has 1 aliphatic rings. The molecule has 3 heterocycles. The molecule has 1 aliphatic heterocycles. The van der Waals surface area contributed by atoms with E-state index in [4.69, 9.17) is 4.74 Å². The first-order valence-electron chi connectivity index (χ1n) is 9.85. The highest BCUT2D eigenvalue weighted by Gasteiger charge is 2.29. The Labute approximate surface area is 174 Å². The van der Waals surface area contributed by atoms with Crippen molar-refractivity contribution in [3.8, 4) is 17.1 Å². The number of aromatic amines is 1. The molecule has 154 valence electrons. The normalized spacial score (nSPS) is 16.2. The molecule has 0 radical (unpaired) electrons. The molecule has 1 unspecified atom stereocenters. The van der Waals surface area contributed by atoms with Crippen molar-refractivity contribution >= 4 is 17.5 Å². The molecule has 1 saturated heterocycles. The van der Waals surface area contributed by atoms with Gasteiger partial charge in [-0.25, -0.2) is 0 Å². The average molecular weight is 405 g/mol. The third-order valence-corrected chi connectivity index (χ3v) is 5.17. The van der Waals surface area contributed by atoms with Gasteiger partial charge in [0.1, 0.15) is 17.1 Å². The Kier molecular flexibility index (Phi) is 5.74. The molecule has 4 rings (SSSR count). The summed E-state index contributed by atoms with van der Waals surface area (Å²) < 4.78 is 5.13. The molecule has 3 aromatic rings. The highest BCUT2D eigenvalue weighted by Crippen LogP contribution is 2.22. The first-order chi connectivity index (χ1) is 14.6. The van der Waals surface area contributed by atoms with Crippen molar-refractivity contribution in [2.75, 3.05) is 25.5 Å². The van der Waals surface area contributed by atoms with E-state index < -0.39 is 0 Å². The molecular weight excluding hydrogens is 382 g/mol. The minimum absolute atomic E-state index is 0.0866. The zero-order valence-corrected chi connectivity index (χ0v) is 16.7. The lowest BCUT2D eigenvalue weighted by atomic mass is 9.96. The number of aromatic nitrogens is 3. The van der Waals surface area contributed by atoms with Crippen LogP contribution in [0.1, 0.15) is 23.3 Å². The summed E-state index contributed by atoms with van der Waals surface area (Å²) in [5.41, 5.74) is 2.41. The molecule has 2 amide bonds. The lowest BCUT2D eigenvalue weighted by Crippen LogP contribution is -2.43. The summed E-state index contributed by atoms with van der Waals surface area (Å²) in [6.45, 7) is 0.988. The summed E-state index contributed by atoms with van der Waals surface area (Å²) in [7, 11) is 1.60. The van der Waals surface area contributed by atoms with Crippen molar-refractivity contribution in [1.82, 2.24) is 20.1 Å². The van der Waals surface area contributed by atoms with Gasteiger partial charge in [0.2, 0.25) is 5.91 Å². The molecule has 1 aromatic carbocycles. The quantitative estimate of drug-likeness (QED) is 0.680. The van der Waals surface area contributed by atoms with Crippen molar-refractivity contribution < 1.29 is 14.3 Å². The zero-order chi connectivity index (χ0) is 20.9. The van der Waals surface area contributed by atoms with E-state index in [0.717, 1.165) is 18.6 Å². The van der Waals surface area contributed by atoms with Gasteiger partial charge in [-0.3, -0.25) is 19.7 Å². The van der Waals surface area contributed by atoms with Gasteiger partial charge in [-0.05, 0) is 55.3 Å². The predicted molar refractivity (Wildman–Crippen MR) is 112 cm³/mol. The van der Waals surface area contributed by atoms with Crippen LogP contribution in [-0.2, 0) is 4.79 Å². The Morgan fingerprint density at radius 1 is 1.17 bits per heavy atom. The standard InChI is InChI=1S/C22H23N5O3/c1-30-17-9-7-16(8-10-17)24-21(28)15-5-4-12-27(14-15)22(29)20-13-19(25-26-20)18-6-2-3-11-23-18/h2-3,6-11,13,15H,4-5,12,14H2,1H3,(H,24,28)(H,25,26).